The van der Waals surface area contributed by atoms with Crippen LogP contribution in [0.3, 0.4) is 0 Å². The van der Waals surface area contributed by atoms with Crippen LogP contribution in [0.4, 0.5) is 0 Å². The minimum absolute atomic E-state index is 0.0231. The van der Waals surface area contributed by atoms with E-state index in [2.05, 4.69) is 8.83 Å². The van der Waals surface area contributed by atoms with Crippen molar-refractivity contribution in [2.75, 3.05) is 0 Å². The number of aryl methyl sites for hydroxylation is 1. The fourth-order valence-electron chi connectivity index (χ4n) is 0.331. The Morgan fingerprint density at radius 1 is 1.50 bits per heavy atom. The summed E-state index contributed by atoms with van der Waals surface area (Å²) < 4.78 is 8.62. The van der Waals surface area contributed by atoms with Gasteiger partial charge in [0.15, 0.2) is 5.76 Å². The van der Waals surface area contributed by atoms with Crippen LogP contribution >= 0.6 is 11.6 Å². The average Bonchev–Trinajstić information content (AvgIpc) is 1.85. The van der Waals surface area contributed by atoms with Gasteiger partial charge in [-0.2, -0.15) is 0 Å². The van der Waals surface area contributed by atoms with E-state index in [0.29, 0.717) is 5.76 Å². The van der Waals surface area contributed by atoms with Crippen LogP contribution in [0.15, 0.2) is 13.6 Å². The first-order valence-corrected chi connectivity index (χ1v) is 2.34. The molecule has 1 heterocycles. The van der Waals surface area contributed by atoms with Crippen LogP contribution in [0.1, 0.15) is 5.76 Å². The van der Waals surface area contributed by atoms with E-state index in [1.54, 1.807) is 6.92 Å². The summed E-state index contributed by atoms with van der Waals surface area (Å²) in [6.07, 6.45) is 0. The van der Waals surface area contributed by atoms with Gasteiger partial charge in [0, 0.05) is 0 Å². The van der Waals surface area contributed by atoms with Crippen LogP contribution in [0, 0.1) is 6.92 Å². The van der Waals surface area contributed by atoms with Gasteiger partial charge in [0.2, 0.25) is 5.22 Å². The zero-order valence-corrected chi connectivity index (χ0v) is 4.86. The Balaban J connectivity index is 3.35. The predicted octanol–water partition coefficient (Wildman–Crippen LogP) is 1.19. The van der Waals surface area contributed by atoms with Crippen molar-refractivity contribution >= 4 is 11.6 Å². The summed E-state index contributed by atoms with van der Waals surface area (Å²) in [6, 6.07) is 0. The molecule has 0 saturated heterocycles. The standard InChI is InChI=1S/C4H3ClO3/c1-2-3(5)8-4(6)7-2/h1H3. The van der Waals surface area contributed by atoms with Crippen LogP contribution in [-0.4, -0.2) is 0 Å². The summed E-state index contributed by atoms with van der Waals surface area (Å²) in [6.45, 7) is 1.55. The Morgan fingerprint density at radius 2 is 2.12 bits per heavy atom. The number of hydrogen-bond donors (Lipinski definition) is 0. The molecule has 0 aliphatic rings. The molecule has 0 saturated carbocycles. The maximum Gasteiger partial charge on any atom is 0.520 e. The van der Waals surface area contributed by atoms with Gasteiger partial charge in [-0.15, -0.1) is 0 Å². The zero-order valence-electron chi connectivity index (χ0n) is 4.10. The highest BCUT2D eigenvalue weighted by atomic mass is 35.5. The molecular formula is C4H3ClO3. The van der Waals surface area contributed by atoms with Crippen molar-refractivity contribution in [2.24, 2.45) is 0 Å². The fraction of sp³-hybridized carbons (Fsp3) is 0.250. The van der Waals surface area contributed by atoms with E-state index in [9.17, 15) is 4.79 Å². The lowest BCUT2D eigenvalue weighted by Crippen LogP contribution is -1.84. The molecule has 4 heteroatoms. The third-order valence-electron chi connectivity index (χ3n) is 0.686. The summed E-state index contributed by atoms with van der Waals surface area (Å²) in [4.78, 5) is 10.1. The highest BCUT2D eigenvalue weighted by molar-refractivity contribution is 6.29. The molecule has 0 aliphatic heterocycles. The minimum Gasteiger partial charge on any atom is -0.395 e. The molecule has 0 bridgehead atoms. The molecule has 1 aromatic rings. The lowest BCUT2D eigenvalue weighted by molar-refractivity contribution is 0.379. The molecule has 0 aliphatic carbocycles. The van der Waals surface area contributed by atoms with E-state index in [0.717, 1.165) is 0 Å². The van der Waals surface area contributed by atoms with Crippen LogP contribution in [0.5, 0.6) is 0 Å². The molecule has 0 unspecified atom stereocenters. The molecular weight excluding hydrogens is 131 g/mol. The average molecular weight is 135 g/mol. The van der Waals surface area contributed by atoms with E-state index < -0.39 is 5.82 Å². The van der Waals surface area contributed by atoms with Gasteiger partial charge in [-0.05, 0) is 18.5 Å². The van der Waals surface area contributed by atoms with E-state index in [1.165, 1.54) is 0 Å². The Bertz CT molecular complexity index is 211. The largest absolute Gasteiger partial charge is 0.520 e. The van der Waals surface area contributed by atoms with Gasteiger partial charge in [0.1, 0.15) is 0 Å². The van der Waals surface area contributed by atoms with Crippen LogP contribution in [0.2, 0.25) is 5.22 Å². The monoisotopic (exact) mass is 134 g/mol. The molecule has 0 radical (unpaired) electrons. The lowest BCUT2D eigenvalue weighted by atomic mass is 10.6. The number of rotatable bonds is 0. The molecule has 0 spiro atoms. The van der Waals surface area contributed by atoms with Gasteiger partial charge in [-0.1, -0.05) is 0 Å². The molecule has 8 heavy (non-hydrogen) atoms. The first-order valence-electron chi connectivity index (χ1n) is 1.96. The predicted molar refractivity (Wildman–Crippen MR) is 27.0 cm³/mol. The fourth-order valence-corrected chi connectivity index (χ4v) is 0.433. The summed E-state index contributed by atoms with van der Waals surface area (Å²) in [7, 11) is 0. The van der Waals surface area contributed by atoms with Crippen LogP contribution < -0.4 is 5.82 Å². The van der Waals surface area contributed by atoms with Crippen molar-refractivity contribution in [3.05, 3.63) is 21.6 Å². The molecule has 1 rings (SSSR count). The third-order valence-corrected chi connectivity index (χ3v) is 1.03. The molecule has 44 valence electrons. The minimum atomic E-state index is -0.757. The Morgan fingerprint density at radius 3 is 2.25 bits per heavy atom. The van der Waals surface area contributed by atoms with Crippen molar-refractivity contribution in [3.63, 3.8) is 0 Å². The second-order valence-corrected chi connectivity index (χ2v) is 1.63. The summed E-state index contributed by atoms with van der Waals surface area (Å²) >= 11 is 5.27. The van der Waals surface area contributed by atoms with E-state index in [-0.39, 0.29) is 5.22 Å². The van der Waals surface area contributed by atoms with Crippen molar-refractivity contribution in [1.29, 1.82) is 0 Å². The summed E-state index contributed by atoms with van der Waals surface area (Å²) in [5.74, 6) is -0.441. The highest BCUT2D eigenvalue weighted by Gasteiger charge is 2.01. The smallest absolute Gasteiger partial charge is 0.395 e. The van der Waals surface area contributed by atoms with Crippen molar-refractivity contribution in [1.82, 2.24) is 0 Å². The van der Waals surface area contributed by atoms with E-state index in [1.807, 2.05) is 0 Å². The second kappa shape index (κ2) is 1.67. The van der Waals surface area contributed by atoms with Crippen molar-refractivity contribution in [3.8, 4) is 0 Å². The van der Waals surface area contributed by atoms with Crippen molar-refractivity contribution < 1.29 is 8.83 Å². The zero-order chi connectivity index (χ0) is 6.15. The first kappa shape index (κ1) is 5.44. The highest BCUT2D eigenvalue weighted by Crippen LogP contribution is 2.10. The van der Waals surface area contributed by atoms with Gasteiger partial charge in [-0.25, -0.2) is 4.79 Å². The molecule has 0 amide bonds. The summed E-state index contributed by atoms with van der Waals surface area (Å²) in [5, 5.41) is 0.0231. The molecule has 1 aromatic heterocycles. The maximum absolute atomic E-state index is 10.1. The molecule has 3 nitrogen and oxygen atoms in total. The van der Waals surface area contributed by atoms with E-state index in [4.69, 9.17) is 11.6 Å². The topological polar surface area (TPSA) is 43.4 Å². The Kier molecular flexibility index (Phi) is 1.13. The van der Waals surface area contributed by atoms with Gasteiger partial charge in [-0.3, -0.25) is 0 Å². The second-order valence-electron chi connectivity index (χ2n) is 1.28. The number of halogens is 1. The van der Waals surface area contributed by atoms with Gasteiger partial charge >= 0.3 is 5.82 Å². The Labute approximate surface area is 49.9 Å². The quantitative estimate of drug-likeness (QED) is 0.535. The van der Waals surface area contributed by atoms with Crippen molar-refractivity contribution in [2.45, 2.75) is 6.92 Å². The normalized spacial score (nSPS) is 9.75. The van der Waals surface area contributed by atoms with Crippen LogP contribution in [-0.2, 0) is 0 Å². The lowest BCUT2D eigenvalue weighted by Gasteiger charge is -1.71. The first-order chi connectivity index (χ1) is 3.70. The SMILES string of the molecule is Cc1oc(=O)oc1Cl. The summed E-state index contributed by atoms with van der Waals surface area (Å²) in [5.41, 5.74) is 0. The van der Waals surface area contributed by atoms with Gasteiger partial charge < -0.3 is 8.83 Å². The molecule has 0 aromatic carbocycles. The van der Waals surface area contributed by atoms with Crippen LogP contribution in [0.25, 0.3) is 0 Å². The molecule has 0 atom stereocenters. The molecule has 0 N–H and O–H groups in total. The van der Waals surface area contributed by atoms with E-state index >= 15 is 0 Å². The number of hydrogen-bond acceptors (Lipinski definition) is 3. The van der Waals surface area contributed by atoms with Gasteiger partial charge in [0.25, 0.3) is 0 Å². The Hall–Kier alpha value is -0.700. The molecule has 0 fully saturated rings. The third kappa shape index (κ3) is 0.767. The maximum atomic E-state index is 10.1. The van der Waals surface area contributed by atoms with Gasteiger partial charge in [0.05, 0.1) is 0 Å².